The lowest BCUT2D eigenvalue weighted by atomic mass is 9.82. The van der Waals surface area contributed by atoms with Gasteiger partial charge in [0, 0.05) is 6.54 Å². The summed E-state index contributed by atoms with van der Waals surface area (Å²) in [6.45, 7) is 9.06. The van der Waals surface area contributed by atoms with Gasteiger partial charge < -0.3 is 5.73 Å². The first-order chi connectivity index (χ1) is 8.59. The van der Waals surface area contributed by atoms with Gasteiger partial charge in [0.15, 0.2) is 0 Å². The maximum Gasteiger partial charge on any atom is 0.0233 e. The lowest BCUT2D eigenvalue weighted by molar-refractivity contribution is 0.127. The fourth-order valence-corrected chi connectivity index (χ4v) is 2.55. The van der Waals surface area contributed by atoms with E-state index in [0.29, 0.717) is 5.41 Å². The summed E-state index contributed by atoms with van der Waals surface area (Å²) in [7, 11) is 0. The summed E-state index contributed by atoms with van der Waals surface area (Å²) < 4.78 is 0. The van der Waals surface area contributed by atoms with Gasteiger partial charge in [-0.2, -0.15) is 0 Å². The van der Waals surface area contributed by atoms with E-state index in [1.165, 1.54) is 37.1 Å². The Bertz CT molecular complexity index is 357. The summed E-state index contributed by atoms with van der Waals surface area (Å²) in [6.07, 6.45) is 3.62. The Morgan fingerprint density at radius 2 is 1.61 bits per heavy atom. The molecule has 18 heavy (non-hydrogen) atoms. The largest absolute Gasteiger partial charge is 0.330 e. The van der Waals surface area contributed by atoms with E-state index in [2.05, 4.69) is 43.0 Å². The van der Waals surface area contributed by atoms with Crippen LogP contribution in [0.25, 0.3) is 0 Å². The van der Waals surface area contributed by atoms with Gasteiger partial charge in [0.05, 0.1) is 0 Å². The second-order valence-corrected chi connectivity index (χ2v) is 6.30. The molecule has 0 radical (unpaired) electrons. The van der Waals surface area contributed by atoms with E-state index in [1.807, 2.05) is 0 Å². The number of hydrogen-bond acceptors (Lipinski definition) is 2. The third-order valence-corrected chi connectivity index (χ3v) is 4.07. The van der Waals surface area contributed by atoms with Crippen molar-refractivity contribution in [1.29, 1.82) is 0 Å². The van der Waals surface area contributed by atoms with Gasteiger partial charge in [-0.1, -0.05) is 38.1 Å². The highest BCUT2D eigenvalue weighted by Gasteiger charge is 2.24. The molecule has 0 amide bonds. The molecule has 2 heteroatoms. The van der Waals surface area contributed by atoms with E-state index in [0.717, 1.165) is 19.5 Å². The third-order valence-electron chi connectivity index (χ3n) is 4.07. The molecule has 1 saturated heterocycles. The van der Waals surface area contributed by atoms with Crippen molar-refractivity contribution in [3.05, 3.63) is 35.4 Å². The highest BCUT2D eigenvalue weighted by atomic mass is 15.1. The van der Waals surface area contributed by atoms with Crippen molar-refractivity contribution in [3.63, 3.8) is 0 Å². The van der Waals surface area contributed by atoms with Gasteiger partial charge >= 0.3 is 0 Å². The van der Waals surface area contributed by atoms with Gasteiger partial charge in [0.2, 0.25) is 0 Å². The maximum absolute atomic E-state index is 5.57. The Morgan fingerprint density at radius 1 is 1.06 bits per heavy atom. The Kier molecular flexibility index (Phi) is 4.41. The van der Waals surface area contributed by atoms with E-state index < -0.39 is 0 Å². The molecular formula is C16H26N2. The van der Waals surface area contributed by atoms with Crippen LogP contribution in [0.3, 0.4) is 0 Å². The lowest BCUT2D eigenvalue weighted by Crippen LogP contribution is -2.36. The fourth-order valence-electron chi connectivity index (χ4n) is 2.55. The van der Waals surface area contributed by atoms with Crippen LogP contribution in [0.15, 0.2) is 24.3 Å². The van der Waals surface area contributed by atoms with E-state index >= 15 is 0 Å². The second-order valence-electron chi connectivity index (χ2n) is 6.30. The zero-order valence-electron chi connectivity index (χ0n) is 11.8. The van der Waals surface area contributed by atoms with Crippen LogP contribution in [0.5, 0.6) is 0 Å². The Balaban J connectivity index is 1.86. The van der Waals surface area contributed by atoms with E-state index in [-0.39, 0.29) is 0 Å². The first-order valence-electron chi connectivity index (χ1n) is 7.09. The summed E-state index contributed by atoms with van der Waals surface area (Å²) in [5.74, 6) is 0. The number of rotatable bonds is 4. The smallest absolute Gasteiger partial charge is 0.0233 e. The van der Waals surface area contributed by atoms with Crippen molar-refractivity contribution in [3.8, 4) is 0 Å². The van der Waals surface area contributed by atoms with Crippen LogP contribution in [0.2, 0.25) is 0 Å². The van der Waals surface area contributed by atoms with Crippen molar-refractivity contribution < 1.29 is 0 Å². The highest BCUT2D eigenvalue weighted by Crippen LogP contribution is 2.30. The second kappa shape index (κ2) is 5.85. The molecule has 1 fully saturated rings. The molecule has 1 heterocycles. The molecule has 0 unspecified atom stereocenters. The Labute approximate surface area is 111 Å². The quantitative estimate of drug-likeness (QED) is 0.885. The van der Waals surface area contributed by atoms with Crippen LogP contribution >= 0.6 is 0 Å². The van der Waals surface area contributed by atoms with E-state index in [1.54, 1.807) is 0 Å². The van der Waals surface area contributed by atoms with Gasteiger partial charge in [-0.3, -0.25) is 4.90 Å². The minimum atomic E-state index is 0.543. The minimum absolute atomic E-state index is 0.543. The normalized spacial score (nSPS) is 19.9. The summed E-state index contributed by atoms with van der Waals surface area (Å²) in [5.41, 5.74) is 8.88. The standard InChI is InChI=1S/C16H26N2/c1-16(2)8-11-18(12-9-16)13-15-5-3-14(4-6-15)7-10-17/h3-6H,7-13,17H2,1-2H3. The monoisotopic (exact) mass is 246 g/mol. The highest BCUT2D eigenvalue weighted by molar-refractivity contribution is 5.22. The Hall–Kier alpha value is -0.860. The van der Waals surface area contributed by atoms with Crippen LogP contribution in [-0.4, -0.2) is 24.5 Å². The topological polar surface area (TPSA) is 29.3 Å². The van der Waals surface area contributed by atoms with Crippen molar-refractivity contribution in [2.45, 2.75) is 39.7 Å². The number of likely N-dealkylation sites (tertiary alicyclic amines) is 1. The van der Waals surface area contributed by atoms with Gasteiger partial charge in [-0.25, -0.2) is 0 Å². The predicted molar refractivity (Wildman–Crippen MR) is 77.5 cm³/mol. The maximum atomic E-state index is 5.57. The number of piperidine rings is 1. The van der Waals surface area contributed by atoms with Crippen LogP contribution in [0, 0.1) is 5.41 Å². The van der Waals surface area contributed by atoms with Crippen molar-refractivity contribution in [1.82, 2.24) is 4.90 Å². The van der Waals surface area contributed by atoms with Gasteiger partial charge in [-0.05, 0) is 55.4 Å². The summed E-state index contributed by atoms with van der Waals surface area (Å²) in [4.78, 5) is 2.57. The average molecular weight is 246 g/mol. The molecular weight excluding hydrogens is 220 g/mol. The Morgan fingerprint density at radius 3 is 2.17 bits per heavy atom. The van der Waals surface area contributed by atoms with Crippen molar-refractivity contribution in [2.24, 2.45) is 11.1 Å². The summed E-state index contributed by atoms with van der Waals surface area (Å²) in [5, 5.41) is 0. The molecule has 0 saturated carbocycles. The first-order valence-corrected chi connectivity index (χ1v) is 7.09. The average Bonchev–Trinajstić information content (AvgIpc) is 2.35. The number of nitrogens with zero attached hydrogens (tertiary/aromatic N) is 1. The molecule has 1 aromatic rings. The van der Waals surface area contributed by atoms with Crippen LogP contribution in [-0.2, 0) is 13.0 Å². The van der Waals surface area contributed by atoms with Crippen LogP contribution < -0.4 is 5.73 Å². The lowest BCUT2D eigenvalue weighted by Gasteiger charge is -2.36. The van der Waals surface area contributed by atoms with Gasteiger partial charge in [0.25, 0.3) is 0 Å². The van der Waals surface area contributed by atoms with Crippen LogP contribution in [0.1, 0.15) is 37.8 Å². The number of nitrogens with two attached hydrogens (primary N) is 1. The first kappa shape index (κ1) is 13.6. The zero-order chi connectivity index (χ0) is 13.0. The molecule has 0 aromatic heterocycles. The molecule has 2 N–H and O–H groups in total. The molecule has 0 spiro atoms. The molecule has 1 aliphatic heterocycles. The molecule has 2 nitrogen and oxygen atoms in total. The SMILES string of the molecule is CC1(C)CCN(Cc2ccc(CCN)cc2)CC1. The van der Waals surface area contributed by atoms with E-state index in [9.17, 15) is 0 Å². The molecule has 1 aliphatic rings. The molecule has 2 rings (SSSR count). The van der Waals surface area contributed by atoms with Crippen molar-refractivity contribution in [2.75, 3.05) is 19.6 Å². The van der Waals surface area contributed by atoms with Crippen molar-refractivity contribution >= 4 is 0 Å². The zero-order valence-corrected chi connectivity index (χ0v) is 11.8. The van der Waals surface area contributed by atoms with Gasteiger partial charge in [0.1, 0.15) is 0 Å². The summed E-state index contributed by atoms with van der Waals surface area (Å²) in [6, 6.07) is 8.95. The minimum Gasteiger partial charge on any atom is -0.330 e. The molecule has 1 aromatic carbocycles. The number of hydrogen-bond donors (Lipinski definition) is 1. The van der Waals surface area contributed by atoms with Gasteiger partial charge in [-0.15, -0.1) is 0 Å². The number of benzene rings is 1. The molecule has 0 bridgehead atoms. The van der Waals surface area contributed by atoms with E-state index in [4.69, 9.17) is 5.73 Å². The van der Waals surface area contributed by atoms with Crippen LogP contribution in [0.4, 0.5) is 0 Å². The molecule has 0 aliphatic carbocycles. The molecule has 100 valence electrons. The molecule has 0 atom stereocenters. The fraction of sp³-hybridized carbons (Fsp3) is 0.625. The summed E-state index contributed by atoms with van der Waals surface area (Å²) >= 11 is 0. The predicted octanol–water partition coefficient (Wildman–Crippen LogP) is 2.81. The third kappa shape index (κ3) is 3.82.